The normalized spacial score (nSPS) is 11.4. The smallest absolute Gasteiger partial charge is 0.272 e. The first-order valence-corrected chi connectivity index (χ1v) is 6.69. The van der Waals surface area contributed by atoms with Gasteiger partial charge in [0.1, 0.15) is 5.69 Å². The summed E-state index contributed by atoms with van der Waals surface area (Å²) < 4.78 is 1.60. The summed E-state index contributed by atoms with van der Waals surface area (Å²) in [5.41, 5.74) is 7.67. The molecule has 2 aromatic rings. The number of benzene rings is 1. The van der Waals surface area contributed by atoms with E-state index >= 15 is 0 Å². The number of nitrogens with zero attached hydrogens (tertiary/aromatic N) is 2. The van der Waals surface area contributed by atoms with E-state index < -0.39 is 0 Å². The minimum Gasteiger partial charge on any atom is -0.344 e. The topological polar surface area (TPSA) is 72.9 Å². The van der Waals surface area contributed by atoms with Crippen molar-refractivity contribution in [3.8, 4) is 11.8 Å². The van der Waals surface area contributed by atoms with Gasteiger partial charge in [0.15, 0.2) is 0 Å². The van der Waals surface area contributed by atoms with Gasteiger partial charge in [0.2, 0.25) is 0 Å². The Balaban J connectivity index is 2.03. The maximum atomic E-state index is 12.0. The monoisotopic (exact) mass is 282 g/mol. The summed E-state index contributed by atoms with van der Waals surface area (Å²) in [4.78, 5) is 12.0. The Hall–Kier alpha value is -2.58. The van der Waals surface area contributed by atoms with Crippen LogP contribution in [0.2, 0.25) is 0 Å². The van der Waals surface area contributed by atoms with E-state index in [2.05, 4.69) is 22.3 Å². The lowest BCUT2D eigenvalue weighted by molar-refractivity contribution is 0.0934. The lowest BCUT2D eigenvalue weighted by atomic mass is 10.1. The summed E-state index contributed by atoms with van der Waals surface area (Å²) in [6.07, 6.45) is 1.74. The van der Waals surface area contributed by atoms with Crippen molar-refractivity contribution in [2.45, 2.75) is 13.0 Å². The zero-order valence-electron chi connectivity index (χ0n) is 12.1. The summed E-state index contributed by atoms with van der Waals surface area (Å²) in [7, 11) is 1.78. The van der Waals surface area contributed by atoms with Gasteiger partial charge in [-0.05, 0) is 30.7 Å². The molecule has 5 heteroatoms. The predicted octanol–water partition coefficient (Wildman–Crippen LogP) is 1.22. The van der Waals surface area contributed by atoms with Gasteiger partial charge in [0.25, 0.3) is 5.91 Å². The van der Waals surface area contributed by atoms with Crippen molar-refractivity contribution < 1.29 is 4.79 Å². The summed E-state index contributed by atoms with van der Waals surface area (Å²) in [5.74, 6) is 5.59. The molecule has 108 valence electrons. The van der Waals surface area contributed by atoms with E-state index in [4.69, 9.17) is 5.73 Å². The molecule has 1 aromatic carbocycles. The molecule has 0 aliphatic heterocycles. The number of carbonyl (C=O) groups excluding carboxylic acids is 1. The molecule has 2 rings (SSSR count). The highest BCUT2D eigenvalue weighted by molar-refractivity contribution is 5.92. The van der Waals surface area contributed by atoms with Crippen molar-refractivity contribution >= 4 is 5.91 Å². The molecule has 0 saturated carbocycles. The molecule has 0 bridgehead atoms. The van der Waals surface area contributed by atoms with Crippen LogP contribution in [0.1, 0.15) is 34.6 Å². The van der Waals surface area contributed by atoms with Gasteiger partial charge in [-0.3, -0.25) is 9.48 Å². The molecule has 0 aliphatic rings. The van der Waals surface area contributed by atoms with Crippen LogP contribution in [0.15, 0.2) is 36.5 Å². The van der Waals surface area contributed by atoms with Crippen molar-refractivity contribution in [2.75, 3.05) is 6.54 Å². The number of aromatic nitrogens is 2. The van der Waals surface area contributed by atoms with Crippen LogP contribution in [0, 0.1) is 11.8 Å². The molecule has 5 nitrogen and oxygen atoms in total. The van der Waals surface area contributed by atoms with E-state index in [0.29, 0.717) is 12.2 Å². The molecule has 1 aromatic heterocycles. The molecular weight excluding hydrogens is 264 g/mol. The fourth-order valence-electron chi connectivity index (χ4n) is 1.90. The molecule has 0 radical (unpaired) electrons. The third-order valence-corrected chi connectivity index (χ3v) is 3.04. The Morgan fingerprint density at radius 2 is 2.10 bits per heavy atom. The number of hydrogen-bond donors (Lipinski definition) is 2. The maximum absolute atomic E-state index is 12.0. The van der Waals surface area contributed by atoms with Gasteiger partial charge in [-0.2, -0.15) is 5.10 Å². The fraction of sp³-hybridized carbons (Fsp3) is 0.250. The molecule has 0 fully saturated rings. The highest BCUT2D eigenvalue weighted by Gasteiger charge is 2.13. The first-order valence-electron chi connectivity index (χ1n) is 6.69. The number of rotatable bonds is 3. The largest absolute Gasteiger partial charge is 0.344 e. The fourth-order valence-corrected chi connectivity index (χ4v) is 1.90. The molecule has 0 spiro atoms. The molecule has 3 N–H and O–H groups in total. The van der Waals surface area contributed by atoms with Crippen LogP contribution in [0.5, 0.6) is 0 Å². The van der Waals surface area contributed by atoms with Gasteiger partial charge in [-0.1, -0.05) is 24.0 Å². The summed E-state index contributed by atoms with van der Waals surface area (Å²) in [6.45, 7) is 2.28. The van der Waals surface area contributed by atoms with Crippen LogP contribution in [-0.4, -0.2) is 22.2 Å². The number of aryl methyl sites for hydroxylation is 1. The van der Waals surface area contributed by atoms with Crippen LogP contribution in [-0.2, 0) is 7.05 Å². The lowest BCUT2D eigenvalue weighted by Crippen LogP contribution is -2.27. The number of nitrogens with two attached hydrogens (primary N) is 1. The number of amides is 1. The first-order chi connectivity index (χ1) is 10.1. The first kappa shape index (κ1) is 14.8. The Morgan fingerprint density at radius 1 is 1.38 bits per heavy atom. The average molecular weight is 282 g/mol. The van der Waals surface area contributed by atoms with Gasteiger partial charge in [-0.25, -0.2) is 0 Å². The van der Waals surface area contributed by atoms with Crippen LogP contribution in [0.3, 0.4) is 0 Å². The summed E-state index contributed by atoms with van der Waals surface area (Å²) in [5, 5.41) is 7.00. The molecule has 1 atom stereocenters. The number of nitrogens with one attached hydrogen (secondary N) is 1. The van der Waals surface area contributed by atoms with E-state index in [1.807, 2.05) is 31.2 Å². The molecule has 21 heavy (non-hydrogen) atoms. The highest BCUT2D eigenvalue weighted by atomic mass is 16.2. The predicted molar refractivity (Wildman–Crippen MR) is 81.5 cm³/mol. The number of hydrogen-bond acceptors (Lipinski definition) is 3. The summed E-state index contributed by atoms with van der Waals surface area (Å²) >= 11 is 0. The van der Waals surface area contributed by atoms with Gasteiger partial charge in [0, 0.05) is 18.8 Å². The standard InChI is InChI=1S/C16H18N4O/c1-12(18-16(21)15-9-11-20(2)19-15)14-7-5-13(6-8-14)4-3-10-17/h5-9,11-12H,10,17H2,1-2H3,(H,18,21). The van der Waals surface area contributed by atoms with Crippen molar-refractivity contribution in [1.29, 1.82) is 0 Å². The highest BCUT2D eigenvalue weighted by Crippen LogP contribution is 2.13. The van der Waals surface area contributed by atoms with Gasteiger partial charge in [0.05, 0.1) is 12.6 Å². The maximum Gasteiger partial charge on any atom is 0.272 e. The second-order valence-corrected chi connectivity index (χ2v) is 4.70. The van der Waals surface area contributed by atoms with Gasteiger partial charge in [-0.15, -0.1) is 0 Å². The minimum atomic E-state index is -0.185. The van der Waals surface area contributed by atoms with E-state index in [1.54, 1.807) is 24.0 Å². The van der Waals surface area contributed by atoms with Crippen molar-refractivity contribution in [1.82, 2.24) is 15.1 Å². The van der Waals surface area contributed by atoms with E-state index in [-0.39, 0.29) is 11.9 Å². The summed E-state index contributed by atoms with van der Waals surface area (Å²) in [6, 6.07) is 9.32. The van der Waals surface area contributed by atoms with Crippen LogP contribution in [0.25, 0.3) is 0 Å². The Morgan fingerprint density at radius 3 is 2.67 bits per heavy atom. The van der Waals surface area contributed by atoms with Gasteiger partial charge >= 0.3 is 0 Å². The average Bonchev–Trinajstić information content (AvgIpc) is 2.92. The van der Waals surface area contributed by atoms with Crippen molar-refractivity contribution in [3.63, 3.8) is 0 Å². The second-order valence-electron chi connectivity index (χ2n) is 4.70. The zero-order chi connectivity index (χ0) is 15.2. The molecule has 1 amide bonds. The molecule has 0 aliphatic carbocycles. The van der Waals surface area contributed by atoms with Gasteiger partial charge < -0.3 is 11.1 Å². The van der Waals surface area contributed by atoms with Crippen LogP contribution >= 0.6 is 0 Å². The molecule has 1 unspecified atom stereocenters. The van der Waals surface area contributed by atoms with Crippen LogP contribution < -0.4 is 11.1 Å². The molecule has 0 saturated heterocycles. The van der Waals surface area contributed by atoms with Crippen molar-refractivity contribution in [3.05, 3.63) is 53.3 Å². The molecule has 1 heterocycles. The quantitative estimate of drug-likeness (QED) is 0.831. The van der Waals surface area contributed by atoms with E-state index in [9.17, 15) is 4.79 Å². The minimum absolute atomic E-state index is 0.101. The SMILES string of the molecule is CC(NC(=O)c1ccn(C)n1)c1ccc(C#CCN)cc1. The lowest BCUT2D eigenvalue weighted by Gasteiger charge is -2.13. The zero-order valence-corrected chi connectivity index (χ0v) is 12.1. The number of carbonyl (C=O) groups is 1. The Kier molecular flexibility index (Phi) is 4.75. The second kappa shape index (κ2) is 6.73. The van der Waals surface area contributed by atoms with E-state index in [1.165, 1.54) is 0 Å². The molecular formula is C16H18N4O. The van der Waals surface area contributed by atoms with Crippen LogP contribution in [0.4, 0.5) is 0 Å². The third-order valence-electron chi connectivity index (χ3n) is 3.04. The van der Waals surface area contributed by atoms with Crippen molar-refractivity contribution in [2.24, 2.45) is 12.8 Å². The third kappa shape index (κ3) is 3.94. The van der Waals surface area contributed by atoms with E-state index in [0.717, 1.165) is 11.1 Å². The Bertz CT molecular complexity index is 676. The Labute approximate surface area is 124 Å².